The molecule has 17 nitrogen and oxygen atoms in total. The van der Waals surface area contributed by atoms with Gasteiger partial charge in [-0.2, -0.15) is 35.3 Å². The van der Waals surface area contributed by atoms with E-state index < -0.39 is 24.4 Å². The van der Waals surface area contributed by atoms with Crippen LogP contribution in [0.4, 0.5) is 0 Å². The number of nitrogens with zero attached hydrogens (tertiary/aromatic N) is 4. The highest BCUT2D eigenvalue weighted by atomic mass is 32.2. The predicted molar refractivity (Wildman–Crippen MR) is 444 cm³/mol. The van der Waals surface area contributed by atoms with Crippen molar-refractivity contribution >= 4 is 35.3 Å². The molecule has 0 aromatic heterocycles. The first-order valence-corrected chi connectivity index (χ1v) is 41.8. The second-order valence-corrected chi connectivity index (χ2v) is 31.2. The maximum absolute atomic E-state index is 10.3. The van der Waals surface area contributed by atoms with Crippen molar-refractivity contribution < 1.29 is 58.3 Å². The zero-order valence-electron chi connectivity index (χ0n) is 64.0. The molecule has 0 amide bonds. The van der Waals surface area contributed by atoms with Crippen molar-refractivity contribution in [3.63, 3.8) is 0 Å². The van der Waals surface area contributed by atoms with E-state index in [2.05, 4.69) is 97.7 Å². The molecule has 5 N–H and O–H groups in total. The minimum absolute atomic E-state index is 0.320. The highest BCUT2D eigenvalue weighted by Gasteiger charge is 2.21. The first kappa shape index (κ1) is 84.9. The number of nitrogens with one attached hydrogen (secondary N) is 1. The van der Waals surface area contributed by atoms with Crippen molar-refractivity contribution in [3.8, 4) is 46.0 Å². The molecule has 8 aromatic carbocycles. The Hall–Kier alpha value is -7.15. The van der Waals surface area contributed by atoms with Crippen molar-refractivity contribution in [2.24, 2.45) is 0 Å². The van der Waals surface area contributed by atoms with E-state index in [1.165, 1.54) is 38.9 Å². The number of thioether (sulfide) groups is 3. The lowest BCUT2D eigenvalue weighted by molar-refractivity contribution is 0.0638. The van der Waals surface area contributed by atoms with Crippen LogP contribution >= 0.6 is 35.3 Å². The average Bonchev–Trinajstić information content (AvgIpc) is 0.882. The largest absolute Gasteiger partial charge is 0.497 e. The summed E-state index contributed by atoms with van der Waals surface area (Å²) in [6.07, 6.45) is 5.39. The number of rotatable bonds is 36. The number of aliphatic hydroxyl groups is 4. The van der Waals surface area contributed by atoms with Gasteiger partial charge in [-0.05, 0) is 169 Å². The number of piperazine rings is 1. The lowest BCUT2D eigenvalue weighted by atomic mass is 10.0. The number of hydrogen-bond donors (Lipinski definition) is 5. The zero-order chi connectivity index (χ0) is 75.6. The normalized spacial score (nSPS) is 16.1. The quantitative estimate of drug-likeness (QED) is 0.0250. The van der Waals surface area contributed by atoms with E-state index in [0.29, 0.717) is 52.6 Å². The number of hydrogen-bond acceptors (Lipinski definition) is 20. The summed E-state index contributed by atoms with van der Waals surface area (Å²) >= 11 is 5.94. The zero-order valence-corrected chi connectivity index (χ0v) is 66.4. The van der Waals surface area contributed by atoms with Gasteiger partial charge in [-0.15, -0.1) is 0 Å². The summed E-state index contributed by atoms with van der Waals surface area (Å²) in [4.78, 5) is 9.23. The van der Waals surface area contributed by atoms with Crippen molar-refractivity contribution in [3.05, 3.63) is 239 Å². The second kappa shape index (κ2) is 49.2. The third kappa shape index (κ3) is 31.7. The van der Waals surface area contributed by atoms with Gasteiger partial charge < -0.3 is 63.6 Å². The summed E-state index contributed by atoms with van der Waals surface area (Å²) in [6.45, 7) is 14.3. The highest BCUT2D eigenvalue weighted by molar-refractivity contribution is 7.99. The molecule has 584 valence electrons. The first-order chi connectivity index (χ1) is 53.0. The number of β-amino-alcohol motifs (C(OH)–C–C–N with tert-alkyl or cyclic N) is 4. The van der Waals surface area contributed by atoms with Crippen LogP contribution in [-0.4, -0.2) is 245 Å². The van der Waals surface area contributed by atoms with Gasteiger partial charge in [0.1, 0.15) is 96.8 Å². The molecule has 0 aliphatic carbocycles. The molecule has 0 bridgehead atoms. The lowest BCUT2D eigenvalue weighted by Crippen LogP contribution is -2.47. The summed E-state index contributed by atoms with van der Waals surface area (Å²) in [7, 11) is 6.76. The molecule has 12 rings (SSSR count). The number of methoxy groups -OCH3 is 4. The standard InChI is InChI=1S/C22H30N2O3.3C22H29NO3S/c1-26-21-7-4-5-18(15-21)9-10-19-6-2-3-8-22(19)27-17-20(25)16-24-13-11-23-12-14-24;3*1-25-21-7-4-5-18(15-21)9-10-19-6-2-3-8-22(19)26-17-20(24)16-23-11-13-27-14-12-23/h2-8,15,20,23,25H,9-14,16-17H2,1H3;3*2-8,15,20,24H,9-14,16-17H2,1H3/t3*20-;/m110./s1. The molecule has 8 aromatic rings. The molecule has 4 heterocycles. The Kier molecular flexibility index (Phi) is 38.6. The van der Waals surface area contributed by atoms with Crippen LogP contribution in [0.3, 0.4) is 0 Å². The fourth-order valence-electron chi connectivity index (χ4n) is 13.2. The van der Waals surface area contributed by atoms with Crippen LogP contribution in [0.1, 0.15) is 44.5 Å². The van der Waals surface area contributed by atoms with Crippen molar-refractivity contribution in [1.29, 1.82) is 0 Å². The number of ether oxygens (including phenoxy) is 8. The monoisotopic (exact) mass is 1530 g/mol. The molecule has 4 aliphatic heterocycles. The van der Waals surface area contributed by atoms with Gasteiger partial charge in [0.05, 0.1) is 28.4 Å². The molecule has 1 unspecified atom stereocenters. The van der Waals surface area contributed by atoms with Crippen LogP contribution in [0, 0.1) is 0 Å². The van der Waals surface area contributed by atoms with Crippen LogP contribution in [0.25, 0.3) is 0 Å². The van der Waals surface area contributed by atoms with E-state index in [-0.39, 0.29) is 0 Å². The molecule has 0 saturated carbocycles. The van der Waals surface area contributed by atoms with Crippen LogP contribution in [0.15, 0.2) is 194 Å². The van der Waals surface area contributed by atoms with E-state index in [9.17, 15) is 20.4 Å². The van der Waals surface area contributed by atoms with E-state index in [0.717, 1.165) is 203 Å². The van der Waals surface area contributed by atoms with Gasteiger partial charge in [0, 0.05) is 126 Å². The molecule has 0 radical (unpaired) electrons. The Balaban J connectivity index is 0.000000166. The van der Waals surface area contributed by atoms with E-state index in [4.69, 9.17) is 37.9 Å². The first-order valence-electron chi connectivity index (χ1n) is 38.4. The van der Waals surface area contributed by atoms with Gasteiger partial charge in [0.2, 0.25) is 0 Å². The summed E-state index contributed by atoms with van der Waals surface area (Å²) in [6, 6.07) is 65.1. The van der Waals surface area contributed by atoms with Crippen LogP contribution in [0.5, 0.6) is 46.0 Å². The highest BCUT2D eigenvalue weighted by Crippen LogP contribution is 2.28. The average molecular weight is 1530 g/mol. The molecule has 0 spiro atoms. The van der Waals surface area contributed by atoms with Crippen LogP contribution in [-0.2, 0) is 51.4 Å². The van der Waals surface area contributed by atoms with Crippen molar-refractivity contribution in [2.75, 3.05) is 181 Å². The third-order valence-electron chi connectivity index (χ3n) is 19.3. The predicted octanol–water partition coefficient (Wildman–Crippen LogP) is 11.9. The number of aryl methyl sites for hydroxylation is 8. The summed E-state index contributed by atoms with van der Waals surface area (Å²) < 4.78 is 45.1. The molecule has 20 heteroatoms. The number of benzene rings is 8. The van der Waals surface area contributed by atoms with Crippen LogP contribution < -0.4 is 43.2 Å². The second-order valence-electron chi connectivity index (χ2n) is 27.5. The van der Waals surface area contributed by atoms with Gasteiger partial charge >= 0.3 is 0 Å². The number of para-hydroxylation sites is 4. The maximum atomic E-state index is 10.3. The van der Waals surface area contributed by atoms with E-state index >= 15 is 0 Å². The fourth-order valence-corrected chi connectivity index (χ4v) is 16.2. The van der Waals surface area contributed by atoms with Gasteiger partial charge in [0.25, 0.3) is 0 Å². The Morgan fingerprint density at radius 2 is 0.528 bits per heavy atom. The molecule has 108 heavy (non-hydrogen) atoms. The van der Waals surface area contributed by atoms with Gasteiger partial charge in [0.15, 0.2) is 0 Å². The van der Waals surface area contributed by atoms with Crippen molar-refractivity contribution in [2.45, 2.75) is 75.8 Å². The Morgan fingerprint density at radius 1 is 0.296 bits per heavy atom. The molecule has 4 atom stereocenters. The Labute approximate surface area is 655 Å². The SMILES string of the molecule is COc1cccc(CCc2ccccc2OCC(O)CN2CCSCC2)c1.COc1cccc(CCc2ccccc2OC[C@@H](O)CN2CCSCC2)c1.COc1cccc(CCc2ccccc2OC[C@H](O)CN2CCNCC2)c1.COc1cccc(CCc2ccccc2OC[C@H](O)CN2CCSCC2)c1. The van der Waals surface area contributed by atoms with Gasteiger partial charge in [-0.25, -0.2) is 0 Å². The minimum atomic E-state index is -0.477. The van der Waals surface area contributed by atoms with E-state index in [1.54, 1.807) is 28.4 Å². The molecule has 4 saturated heterocycles. The molecular weight excluding hydrogens is 1420 g/mol. The summed E-state index contributed by atoms with van der Waals surface area (Å²) in [5.41, 5.74) is 9.63. The third-order valence-corrected chi connectivity index (χ3v) is 22.1. The van der Waals surface area contributed by atoms with Crippen LogP contribution in [0.2, 0.25) is 0 Å². The van der Waals surface area contributed by atoms with Gasteiger partial charge in [-0.1, -0.05) is 121 Å². The Bertz CT molecular complexity index is 3300. The van der Waals surface area contributed by atoms with Crippen molar-refractivity contribution in [1.82, 2.24) is 24.9 Å². The topological polar surface area (TPSA) is 180 Å². The smallest absolute Gasteiger partial charge is 0.122 e. The fraction of sp³-hybridized carbons (Fsp3) is 0.455. The Morgan fingerprint density at radius 3 is 0.769 bits per heavy atom. The summed E-state index contributed by atoms with van der Waals surface area (Å²) in [5, 5.41) is 44.6. The van der Waals surface area contributed by atoms with E-state index in [1.807, 2.05) is 157 Å². The lowest BCUT2D eigenvalue weighted by Gasteiger charge is -2.29. The minimum Gasteiger partial charge on any atom is -0.497 e. The maximum Gasteiger partial charge on any atom is 0.122 e. The number of aliphatic hydroxyl groups excluding tert-OH is 4. The summed E-state index contributed by atoms with van der Waals surface area (Å²) in [5.74, 6) is 13.9. The molecule has 4 fully saturated rings. The molecular formula is C88H117N5O12S3. The molecule has 4 aliphatic rings. The van der Waals surface area contributed by atoms with Gasteiger partial charge in [-0.3, -0.25) is 19.6 Å².